The van der Waals surface area contributed by atoms with E-state index in [1.54, 1.807) is 0 Å². The summed E-state index contributed by atoms with van der Waals surface area (Å²) in [6.07, 6.45) is 1.98. The molecule has 0 saturated carbocycles. The van der Waals surface area contributed by atoms with Crippen molar-refractivity contribution in [1.82, 2.24) is 0 Å². The number of rotatable bonds is 2. The van der Waals surface area contributed by atoms with Crippen LogP contribution < -0.4 is 0 Å². The quantitative estimate of drug-likeness (QED) is 0.257. The van der Waals surface area contributed by atoms with Gasteiger partial charge in [-0.25, -0.2) is 0 Å². The fourth-order valence-electron chi connectivity index (χ4n) is 5.76. The van der Waals surface area contributed by atoms with Crippen molar-refractivity contribution in [2.75, 3.05) is 0 Å². The monoisotopic (exact) mass is 438 g/mol. The van der Waals surface area contributed by atoms with Crippen LogP contribution in [0.1, 0.15) is 22.3 Å². The third-order valence-corrected chi connectivity index (χ3v) is 7.69. The van der Waals surface area contributed by atoms with Crippen LogP contribution in [0.4, 0.5) is 0 Å². The molecule has 0 heterocycles. The summed E-state index contributed by atoms with van der Waals surface area (Å²) in [5, 5.41) is 0. The van der Waals surface area contributed by atoms with Crippen molar-refractivity contribution >= 4 is 12.6 Å². The zero-order valence-corrected chi connectivity index (χ0v) is 19.1. The lowest BCUT2D eigenvalue weighted by molar-refractivity contribution is 1.25. The van der Waals surface area contributed by atoms with E-state index in [-0.39, 0.29) is 0 Å². The lowest BCUT2D eigenvalue weighted by atomic mass is 9.91. The largest absolute Gasteiger partial charge is 0.143 e. The molecule has 0 spiro atoms. The molecule has 156 valence electrons. The number of hydrogen-bond acceptors (Lipinski definition) is 1. The van der Waals surface area contributed by atoms with E-state index in [1.165, 1.54) is 66.8 Å². The maximum atomic E-state index is 4.89. The van der Waals surface area contributed by atoms with Crippen molar-refractivity contribution in [3.63, 3.8) is 0 Å². The van der Waals surface area contributed by atoms with Gasteiger partial charge in [0.05, 0.1) is 0 Å². The Morgan fingerprint density at radius 2 is 0.909 bits per heavy atom. The molecule has 33 heavy (non-hydrogen) atoms. The van der Waals surface area contributed by atoms with Crippen LogP contribution >= 0.6 is 12.6 Å². The first-order chi connectivity index (χ1) is 16.3. The van der Waals surface area contributed by atoms with Gasteiger partial charge in [0.25, 0.3) is 0 Å². The molecule has 0 fully saturated rings. The molecule has 2 aliphatic carbocycles. The molecule has 0 radical (unpaired) electrons. The summed E-state index contributed by atoms with van der Waals surface area (Å²) in [6, 6.07) is 37.7. The maximum Gasteiger partial charge on any atom is 0.0119 e. The van der Waals surface area contributed by atoms with Gasteiger partial charge in [0.1, 0.15) is 0 Å². The van der Waals surface area contributed by atoms with Gasteiger partial charge in [0.15, 0.2) is 0 Å². The average Bonchev–Trinajstić information content (AvgIpc) is 3.43. The van der Waals surface area contributed by atoms with Gasteiger partial charge in [-0.05, 0) is 91.7 Å². The molecule has 0 bridgehead atoms. The second-order valence-electron chi connectivity index (χ2n) is 9.06. The Morgan fingerprint density at radius 1 is 0.424 bits per heavy atom. The minimum absolute atomic E-state index is 0.981. The van der Waals surface area contributed by atoms with E-state index >= 15 is 0 Å². The van der Waals surface area contributed by atoms with E-state index in [0.29, 0.717) is 0 Å². The van der Waals surface area contributed by atoms with Crippen LogP contribution in [0.2, 0.25) is 0 Å². The van der Waals surface area contributed by atoms with Crippen LogP contribution in [0.3, 0.4) is 0 Å². The molecule has 1 heteroatoms. The molecule has 0 saturated heterocycles. The smallest absolute Gasteiger partial charge is 0.0119 e. The Bertz CT molecular complexity index is 1570. The van der Waals surface area contributed by atoms with Crippen molar-refractivity contribution in [2.24, 2.45) is 0 Å². The van der Waals surface area contributed by atoms with E-state index in [0.717, 1.165) is 17.7 Å². The van der Waals surface area contributed by atoms with E-state index in [2.05, 4.69) is 103 Å². The number of hydrogen-bond donors (Lipinski definition) is 1. The normalized spacial score (nSPS) is 12.8. The summed E-state index contributed by atoms with van der Waals surface area (Å²) in [6.45, 7) is 0. The summed E-state index contributed by atoms with van der Waals surface area (Å²) in [4.78, 5) is 1.03. The first kappa shape index (κ1) is 19.0. The molecule has 0 aromatic heterocycles. The molecule has 0 unspecified atom stereocenters. The van der Waals surface area contributed by atoms with E-state index in [9.17, 15) is 0 Å². The Morgan fingerprint density at radius 3 is 1.55 bits per heavy atom. The molecule has 5 aromatic carbocycles. The highest BCUT2D eigenvalue weighted by molar-refractivity contribution is 7.80. The van der Waals surface area contributed by atoms with Gasteiger partial charge in [-0.1, -0.05) is 91.0 Å². The van der Waals surface area contributed by atoms with Crippen LogP contribution in [-0.2, 0) is 12.8 Å². The first-order valence-electron chi connectivity index (χ1n) is 11.5. The summed E-state index contributed by atoms with van der Waals surface area (Å²) in [5.41, 5.74) is 16.3. The van der Waals surface area contributed by atoms with Gasteiger partial charge in [0, 0.05) is 4.90 Å². The zero-order chi connectivity index (χ0) is 21.9. The minimum Gasteiger partial charge on any atom is -0.143 e. The van der Waals surface area contributed by atoms with Crippen molar-refractivity contribution in [3.05, 3.63) is 125 Å². The third-order valence-electron chi connectivity index (χ3n) is 7.30. The second kappa shape index (κ2) is 7.23. The number of thiol groups is 1. The zero-order valence-electron chi connectivity index (χ0n) is 18.2. The molecule has 0 N–H and O–H groups in total. The van der Waals surface area contributed by atoms with Gasteiger partial charge < -0.3 is 0 Å². The molecular formula is C32H22S. The molecule has 0 nitrogen and oxygen atoms in total. The summed E-state index contributed by atoms with van der Waals surface area (Å²) < 4.78 is 0. The van der Waals surface area contributed by atoms with Crippen molar-refractivity contribution < 1.29 is 0 Å². The highest BCUT2D eigenvalue weighted by Crippen LogP contribution is 2.45. The van der Waals surface area contributed by atoms with Gasteiger partial charge >= 0.3 is 0 Å². The van der Waals surface area contributed by atoms with Crippen LogP contribution in [0.15, 0.2) is 108 Å². The average molecular weight is 439 g/mol. The van der Waals surface area contributed by atoms with E-state index in [1.807, 2.05) is 0 Å². The molecule has 7 rings (SSSR count). The highest BCUT2D eigenvalue weighted by atomic mass is 32.1. The molecule has 0 atom stereocenters. The van der Waals surface area contributed by atoms with Crippen LogP contribution in [-0.4, -0.2) is 0 Å². The maximum absolute atomic E-state index is 4.89. The fraction of sp³-hybridized carbons (Fsp3) is 0.0625. The lowest BCUT2D eigenvalue weighted by Crippen LogP contribution is -1.92. The Balaban J connectivity index is 1.38. The Hall–Kier alpha value is -3.55. The van der Waals surface area contributed by atoms with Crippen LogP contribution in [0, 0.1) is 0 Å². The Labute approximate surface area is 200 Å². The van der Waals surface area contributed by atoms with Crippen molar-refractivity contribution in [3.8, 4) is 44.5 Å². The summed E-state index contributed by atoms with van der Waals surface area (Å²) in [7, 11) is 0. The van der Waals surface area contributed by atoms with Gasteiger partial charge in [0.2, 0.25) is 0 Å². The molecular weight excluding hydrogens is 416 g/mol. The van der Waals surface area contributed by atoms with Gasteiger partial charge in [-0.3, -0.25) is 0 Å². The van der Waals surface area contributed by atoms with E-state index < -0.39 is 0 Å². The van der Waals surface area contributed by atoms with E-state index in [4.69, 9.17) is 12.6 Å². The predicted molar refractivity (Wildman–Crippen MR) is 141 cm³/mol. The van der Waals surface area contributed by atoms with Crippen molar-refractivity contribution in [1.29, 1.82) is 0 Å². The number of fused-ring (bicyclic) bond motifs is 6. The lowest BCUT2D eigenvalue weighted by Gasteiger charge is -2.15. The molecule has 0 amide bonds. The predicted octanol–water partition coefficient (Wildman–Crippen LogP) is 8.45. The first-order valence-corrected chi connectivity index (χ1v) is 12.0. The van der Waals surface area contributed by atoms with Gasteiger partial charge in [-0.2, -0.15) is 0 Å². The molecule has 2 aliphatic rings. The topological polar surface area (TPSA) is 0 Å². The van der Waals surface area contributed by atoms with Crippen LogP contribution in [0.25, 0.3) is 44.5 Å². The summed E-state index contributed by atoms with van der Waals surface area (Å²) >= 11 is 4.89. The van der Waals surface area contributed by atoms with Gasteiger partial charge in [-0.15, -0.1) is 12.6 Å². The Kier molecular flexibility index (Phi) is 4.16. The third kappa shape index (κ3) is 2.86. The SMILES string of the molecule is Sc1ccc(-c2cccc3c2Cc2ccccc2-3)cc1-c1cccc2c1Cc1ccccc1-2. The molecule has 0 aliphatic heterocycles. The standard InChI is InChI=1S/C32H22S/c33-32-16-15-22(25-11-5-12-26-23-9-3-1-7-20(23)17-29(25)26)19-31(32)28-14-6-13-27-24-10-4-2-8-21(24)18-30(27)28/h1-16,19,33H,17-18H2. The highest BCUT2D eigenvalue weighted by Gasteiger charge is 2.24. The number of benzene rings is 5. The van der Waals surface area contributed by atoms with Crippen molar-refractivity contribution in [2.45, 2.75) is 17.7 Å². The summed E-state index contributed by atoms with van der Waals surface area (Å²) in [5.74, 6) is 0. The fourth-order valence-corrected chi connectivity index (χ4v) is 6.02. The second-order valence-corrected chi connectivity index (χ2v) is 9.54. The molecule has 5 aromatic rings. The van der Waals surface area contributed by atoms with Crippen LogP contribution in [0.5, 0.6) is 0 Å². The minimum atomic E-state index is 0.981.